The molecule has 0 heterocycles. The van der Waals surface area contributed by atoms with Crippen LogP contribution in [0.2, 0.25) is 0 Å². The van der Waals surface area contributed by atoms with Crippen molar-refractivity contribution in [3.05, 3.63) is 29.8 Å². The maximum Gasteiger partial charge on any atom is 0.408 e. The molecule has 0 aliphatic rings. The van der Waals surface area contributed by atoms with Gasteiger partial charge in [-0.05, 0) is 51.3 Å². The van der Waals surface area contributed by atoms with E-state index in [0.29, 0.717) is 12.8 Å². The first-order valence-electron chi connectivity index (χ1n) is 7.12. The molecule has 6 heteroatoms. The molecule has 0 saturated heterocycles. The van der Waals surface area contributed by atoms with Crippen LogP contribution in [0.25, 0.3) is 0 Å². The second-order valence-corrected chi connectivity index (χ2v) is 6.03. The Kier molecular flexibility index (Phi) is 6.37. The summed E-state index contributed by atoms with van der Waals surface area (Å²) in [6.07, 6.45) is 0.167. The molecular formula is C16H23NO5. The monoisotopic (exact) mass is 309 g/mol. The summed E-state index contributed by atoms with van der Waals surface area (Å²) in [5.74, 6) is -0.303. The van der Waals surface area contributed by atoms with Crippen molar-refractivity contribution in [2.75, 3.05) is 6.61 Å². The van der Waals surface area contributed by atoms with Gasteiger partial charge in [-0.25, -0.2) is 4.79 Å². The van der Waals surface area contributed by atoms with E-state index in [9.17, 15) is 14.7 Å². The van der Waals surface area contributed by atoms with Crippen molar-refractivity contribution in [1.82, 2.24) is 5.32 Å². The van der Waals surface area contributed by atoms with E-state index in [0.717, 1.165) is 5.56 Å². The molecule has 0 radical (unpaired) electrons. The molecule has 1 atom stereocenters. The van der Waals surface area contributed by atoms with Gasteiger partial charge in [0.15, 0.2) is 5.78 Å². The molecule has 1 amide bonds. The van der Waals surface area contributed by atoms with E-state index in [1.807, 2.05) is 0 Å². The third kappa shape index (κ3) is 6.58. The third-order valence-corrected chi connectivity index (χ3v) is 2.89. The van der Waals surface area contributed by atoms with Gasteiger partial charge in [0.05, 0.1) is 6.04 Å². The minimum atomic E-state index is -0.811. The molecule has 0 saturated carbocycles. The van der Waals surface area contributed by atoms with Gasteiger partial charge in [-0.15, -0.1) is 0 Å². The summed E-state index contributed by atoms with van der Waals surface area (Å²) in [6.45, 7) is 4.54. The summed E-state index contributed by atoms with van der Waals surface area (Å²) in [5.41, 5.74) is 0.257. The Hall–Kier alpha value is -2.08. The first-order chi connectivity index (χ1) is 10.2. The summed E-state index contributed by atoms with van der Waals surface area (Å²) < 4.78 is 5.11. The molecule has 3 N–H and O–H groups in total. The third-order valence-electron chi connectivity index (χ3n) is 2.89. The number of phenols is 1. The predicted molar refractivity (Wildman–Crippen MR) is 81.7 cm³/mol. The molecule has 0 bridgehead atoms. The topological polar surface area (TPSA) is 95.9 Å². The number of nitrogens with one attached hydrogen (secondary N) is 1. The molecule has 0 aliphatic carbocycles. The van der Waals surface area contributed by atoms with Crippen LogP contribution in [0, 0.1) is 0 Å². The lowest BCUT2D eigenvalue weighted by Gasteiger charge is -2.22. The Morgan fingerprint density at radius 1 is 1.23 bits per heavy atom. The van der Waals surface area contributed by atoms with E-state index >= 15 is 0 Å². The fourth-order valence-electron chi connectivity index (χ4n) is 1.85. The van der Waals surface area contributed by atoms with Gasteiger partial charge in [0.2, 0.25) is 0 Å². The number of benzene rings is 1. The Balaban J connectivity index is 2.63. The molecule has 0 aromatic heterocycles. The zero-order chi connectivity index (χ0) is 16.8. The quantitative estimate of drug-likeness (QED) is 0.744. The van der Waals surface area contributed by atoms with Crippen LogP contribution in [-0.2, 0) is 16.0 Å². The van der Waals surface area contributed by atoms with Gasteiger partial charge in [-0.1, -0.05) is 12.1 Å². The standard InChI is InChI=1S/C16H23NO5/c1-16(2,3)22-15(21)17-13(14(20)10-18)9-6-11-4-7-12(19)8-5-11/h4-5,7-8,13,18-19H,6,9-10H2,1-3H3,(H,17,21)/t13-/m0/s1. The van der Waals surface area contributed by atoms with Crippen LogP contribution in [0.5, 0.6) is 5.75 Å². The van der Waals surface area contributed by atoms with Gasteiger partial charge < -0.3 is 20.3 Å². The van der Waals surface area contributed by atoms with Crippen LogP contribution in [0.3, 0.4) is 0 Å². The molecule has 1 rings (SSSR count). The summed E-state index contributed by atoms with van der Waals surface area (Å²) in [5, 5.41) is 20.7. The molecule has 0 spiro atoms. The van der Waals surface area contributed by atoms with Crippen molar-refractivity contribution in [3.63, 3.8) is 0 Å². The van der Waals surface area contributed by atoms with Crippen LogP contribution < -0.4 is 5.32 Å². The van der Waals surface area contributed by atoms with Crippen molar-refractivity contribution in [2.24, 2.45) is 0 Å². The van der Waals surface area contributed by atoms with Gasteiger partial charge in [0.1, 0.15) is 18.0 Å². The summed E-state index contributed by atoms with van der Waals surface area (Å²) in [4.78, 5) is 23.5. The van der Waals surface area contributed by atoms with E-state index in [1.165, 1.54) is 0 Å². The van der Waals surface area contributed by atoms with Gasteiger partial charge in [0.25, 0.3) is 0 Å². The second kappa shape index (κ2) is 7.79. The van der Waals surface area contributed by atoms with Crippen LogP contribution in [0.4, 0.5) is 4.79 Å². The van der Waals surface area contributed by atoms with Crippen molar-refractivity contribution in [3.8, 4) is 5.75 Å². The number of phenolic OH excluding ortho intramolecular Hbond substituents is 1. The van der Waals surface area contributed by atoms with E-state index in [2.05, 4.69) is 5.32 Å². The Labute approximate surface area is 130 Å². The number of amides is 1. The van der Waals surface area contributed by atoms with Crippen LogP contribution in [-0.4, -0.2) is 40.3 Å². The van der Waals surface area contributed by atoms with Crippen molar-refractivity contribution < 1.29 is 24.5 Å². The van der Waals surface area contributed by atoms with Gasteiger partial charge in [0, 0.05) is 0 Å². The van der Waals surface area contributed by atoms with Crippen molar-refractivity contribution in [2.45, 2.75) is 45.3 Å². The lowest BCUT2D eigenvalue weighted by Crippen LogP contribution is -2.44. The smallest absolute Gasteiger partial charge is 0.408 e. The lowest BCUT2D eigenvalue weighted by molar-refractivity contribution is -0.124. The Morgan fingerprint density at radius 3 is 2.32 bits per heavy atom. The fourth-order valence-corrected chi connectivity index (χ4v) is 1.85. The van der Waals surface area contributed by atoms with Gasteiger partial charge >= 0.3 is 6.09 Å². The summed E-state index contributed by atoms with van der Waals surface area (Å²) >= 11 is 0. The number of Topliss-reactive ketones (excluding diaryl/α,β-unsaturated/α-hetero) is 1. The number of carbonyl (C=O) groups excluding carboxylic acids is 2. The highest BCUT2D eigenvalue weighted by atomic mass is 16.6. The number of ether oxygens (including phenoxy) is 1. The number of aryl methyl sites for hydroxylation is 1. The number of hydrogen-bond donors (Lipinski definition) is 3. The molecule has 22 heavy (non-hydrogen) atoms. The van der Waals surface area contributed by atoms with Crippen molar-refractivity contribution in [1.29, 1.82) is 0 Å². The molecule has 122 valence electrons. The first kappa shape index (κ1) is 18.0. The minimum absolute atomic E-state index is 0.165. The largest absolute Gasteiger partial charge is 0.508 e. The summed E-state index contributed by atoms with van der Waals surface area (Å²) in [7, 11) is 0. The molecule has 0 unspecified atom stereocenters. The number of aromatic hydroxyl groups is 1. The van der Waals surface area contributed by atoms with Crippen molar-refractivity contribution >= 4 is 11.9 Å². The van der Waals surface area contributed by atoms with Crippen LogP contribution in [0.15, 0.2) is 24.3 Å². The average molecular weight is 309 g/mol. The molecule has 1 aromatic rings. The molecule has 1 aromatic carbocycles. The summed E-state index contributed by atoms with van der Waals surface area (Å²) in [6, 6.07) is 5.78. The second-order valence-electron chi connectivity index (χ2n) is 6.03. The highest BCUT2D eigenvalue weighted by Crippen LogP contribution is 2.13. The number of aliphatic hydroxyl groups excluding tert-OH is 1. The van der Waals surface area contributed by atoms with Crippen LogP contribution in [0.1, 0.15) is 32.8 Å². The predicted octanol–water partition coefficient (Wildman–Crippen LogP) is 1.78. The zero-order valence-corrected chi connectivity index (χ0v) is 13.1. The molecular weight excluding hydrogens is 286 g/mol. The maximum absolute atomic E-state index is 11.7. The van der Waals surface area contributed by atoms with E-state index in [4.69, 9.17) is 9.84 Å². The lowest BCUT2D eigenvalue weighted by atomic mass is 10.0. The maximum atomic E-state index is 11.7. The normalized spacial score (nSPS) is 12.5. The Bertz CT molecular complexity index is 504. The highest BCUT2D eigenvalue weighted by Gasteiger charge is 2.23. The number of rotatable bonds is 6. The van der Waals surface area contributed by atoms with E-state index in [1.54, 1.807) is 45.0 Å². The van der Waals surface area contributed by atoms with Crippen LogP contribution >= 0.6 is 0 Å². The van der Waals surface area contributed by atoms with Gasteiger partial charge in [-0.2, -0.15) is 0 Å². The number of carbonyl (C=O) groups is 2. The molecule has 0 fully saturated rings. The Morgan fingerprint density at radius 2 is 1.82 bits per heavy atom. The molecule has 6 nitrogen and oxygen atoms in total. The average Bonchev–Trinajstić information content (AvgIpc) is 2.42. The highest BCUT2D eigenvalue weighted by molar-refractivity contribution is 5.88. The first-order valence-corrected chi connectivity index (χ1v) is 7.12. The fraction of sp³-hybridized carbons (Fsp3) is 0.500. The number of alkyl carbamates (subject to hydrolysis) is 1. The van der Waals surface area contributed by atoms with E-state index < -0.39 is 30.1 Å². The zero-order valence-electron chi connectivity index (χ0n) is 13.1. The number of hydrogen-bond acceptors (Lipinski definition) is 5. The van der Waals surface area contributed by atoms with E-state index in [-0.39, 0.29) is 5.75 Å². The SMILES string of the molecule is CC(C)(C)OC(=O)N[C@@H](CCc1ccc(O)cc1)C(=O)CO. The number of ketones is 1. The minimum Gasteiger partial charge on any atom is -0.508 e. The molecule has 0 aliphatic heterocycles. The number of aliphatic hydroxyl groups is 1. The van der Waals surface area contributed by atoms with Gasteiger partial charge in [-0.3, -0.25) is 4.79 Å².